The third-order valence-corrected chi connectivity index (χ3v) is 4.87. The number of alkyl halides is 3. The lowest BCUT2D eigenvalue weighted by Crippen LogP contribution is -2.57. The second-order valence-corrected chi connectivity index (χ2v) is 7.09. The van der Waals surface area contributed by atoms with E-state index in [1.54, 1.807) is 12.1 Å². The van der Waals surface area contributed by atoms with E-state index in [-0.39, 0.29) is 16.5 Å². The third-order valence-electron chi connectivity index (χ3n) is 3.31. The number of benzene rings is 1. The highest BCUT2D eigenvalue weighted by Crippen LogP contribution is 2.40. The first-order valence-corrected chi connectivity index (χ1v) is 8.63. The van der Waals surface area contributed by atoms with E-state index in [9.17, 15) is 23.1 Å². The van der Waals surface area contributed by atoms with Gasteiger partial charge in [0.15, 0.2) is 0 Å². The molecule has 1 aliphatic rings. The molecule has 0 spiro atoms. The SMILES string of the molecule is CC1=NN(C(=O)CSCc2ccc(Cl)cc2Cl)[C@](O)(C(F)(F)F)C1. The molecular formula is C14H13Cl2F3N2O2S. The molecule has 0 unspecified atom stereocenters. The summed E-state index contributed by atoms with van der Waals surface area (Å²) < 4.78 is 39.2. The molecule has 1 N–H and O–H groups in total. The third kappa shape index (κ3) is 3.99. The van der Waals surface area contributed by atoms with Crippen LogP contribution >= 0.6 is 35.0 Å². The Hall–Kier alpha value is -0.960. The first-order valence-electron chi connectivity index (χ1n) is 6.72. The molecule has 0 fully saturated rings. The van der Waals surface area contributed by atoms with Crippen LogP contribution < -0.4 is 0 Å². The molecule has 10 heteroatoms. The summed E-state index contributed by atoms with van der Waals surface area (Å²) in [6, 6.07) is 4.84. The number of carbonyl (C=O) groups is 1. The lowest BCUT2D eigenvalue weighted by Gasteiger charge is -2.32. The summed E-state index contributed by atoms with van der Waals surface area (Å²) in [4.78, 5) is 12.1. The van der Waals surface area contributed by atoms with Crippen LogP contribution in [0.5, 0.6) is 0 Å². The number of thioether (sulfide) groups is 1. The zero-order valence-electron chi connectivity index (χ0n) is 12.4. The van der Waals surface area contributed by atoms with E-state index in [0.29, 0.717) is 21.4 Å². The number of aliphatic hydroxyl groups is 1. The molecule has 1 heterocycles. The summed E-state index contributed by atoms with van der Waals surface area (Å²) in [6.45, 7) is 1.32. The predicted molar refractivity (Wildman–Crippen MR) is 88.2 cm³/mol. The summed E-state index contributed by atoms with van der Waals surface area (Å²) in [5.74, 6) is -0.904. The van der Waals surface area contributed by atoms with Gasteiger partial charge in [-0.25, -0.2) is 0 Å². The number of nitrogens with zero attached hydrogens (tertiary/aromatic N) is 2. The fourth-order valence-electron chi connectivity index (χ4n) is 2.15. The number of hydrogen-bond acceptors (Lipinski definition) is 4. The highest BCUT2D eigenvalue weighted by atomic mass is 35.5. The van der Waals surface area contributed by atoms with Crippen molar-refractivity contribution < 1.29 is 23.1 Å². The van der Waals surface area contributed by atoms with E-state index >= 15 is 0 Å². The van der Waals surface area contributed by atoms with Crippen molar-refractivity contribution in [2.45, 2.75) is 31.0 Å². The van der Waals surface area contributed by atoms with E-state index in [1.807, 2.05) is 0 Å². The molecule has 0 bridgehead atoms. The van der Waals surface area contributed by atoms with Gasteiger partial charge in [0.25, 0.3) is 11.6 Å². The molecule has 0 radical (unpaired) electrons. The summed E-state index contributed by atoms with van der Waals surface area (Å²) >= 11 is 12.8. The average Bonchev–Trinajstić information content (AvgIpc) is 2.77. The number of rotatable bonds is 4. The van der Waals surface area contributed by atoms with Crippen molar-refractivity contribution in [1.82, 2.24) is 5.01 Å². The molecule has 1 aromatic rings. The molecule has 1 aliphatic heterocycles. The van der Waals surface area contributed by atoms with Gasteiger partial charge in [0.05, 0.1) is 5.75 Å². The van der Waals surface area contributed by atoms with Crippen LogP contribution in [0.15, 0.2) is 23.3 Å². The van der Waals surface area contributed by atoms with Crippen molar-refractivity contribution in [2.75, 3.05) is 5.75 Å². The van der Waals surface area contributed by atoms with Crippen molar-refractivity contribution in [3.63, 3.8) is 0 Å². The number of hydrogen-bond donors (Lipinski definition) is 1. The van der Waals surface area contributed by atoms with Crippen molar-refractivity contribution in [3.05, 3.63) is 33.8 Å². The Morgan fingerprint density at radius 1 is 1.46 bits per heavy atom. The molecule has 0 saturated heterocycles. The van der Waals surface area contributed by atoms with Crippen LogP contribution in [0, 0.1) is 0 Å². The van der Waals surface area contributed by atoms with Crippen LogP contribution in [0.3, 0.4) is 0 Å². The quantitative estimate of drug-likeness (QED) is 0.827. The minimum atomic E-state index is -4.99. The smallest absolute Gasteiger partial charge is 0.362 e. The van der Waals surface area contributed by atoms with Gasteiger partial charge in [0.2, 0.25) is 0 Å². The molecule has 1 amide bonds. The lowest BCUT2D eigenvalue weighted by atomic mass is 10.1. The molecule has 1 atom stereocenters. The normalized spacial score (nSPS) is 21.1. The molecule has 1 aromatic carbocycles. The van der Waals surface area contributed by atoms with Gasteiger partial charge in [-0.1, -0.05) is 29.3 Å². The van der Waals surface area contributed by atoms with Crippen molar-refractivity contribution in [1.29, 1.82) is 0 Å². The molecule has 4 nitrogen and oxygen atoms in total. The fourth-order valence-corrected chi connectivity index (χ4v) is 3.58. The Labute approximate surface area is 150 Å². The van der Waals surface area contributed by atoms with Crippen molar-refractivity contribution in [3.8, 4) is 0 Å². The first kappa shape index (κ1) is 19.4. The van der Waals surface area contributed by atoms with E-state index in [2.05, 4.69) is 5.10 Å². The van der Waals surface area contributed by atoms with Gasteiger partial charge >= 0.3 is 6.18 Å². The summed E-state index contributed by atoms with van der Waals surface area (Å²) in [7, 11) is 0. The molecular weight excluding hydrogens is 388 g/mol. The molecule has 24 heavy (non-hydrogen) atoms. The Morgan fingerprint density at radius 3 is 2.71 bits per heavy atom. The van der Waals surface area contributed by atoms with E-state index in [4.69, 9.17) is 23.2 Å². The highest BCUT2D eigenvalue weighted by Gasteiger charge is 2.62. The lowest BCUT2D eigenvalue weighted by molar-refractivity contribution is -0.301. The monoisotopic (exact) mass is 400 g/mol. The maximum atomic E-state index is 13.1. The van der Waals surface area contributed by atoms with Crippen LogP contribution in [0.1, 0.15) is 18.9 Å². The standard InChI is InChI=1S/C14H13Cl2F3N2O2S/c1-8-5-13(23,14(17,18)19)21(20-8)12(22)7-24-6-9-2-3-10(15)4-11(9)16/h2-4,23H,5-7H2,1H3/t13-/m1/s1. The average molecular weight is 401 g/mol. The second kappa shape index (κ2) is 7.11. The second-order valence-electron chi connectivity index (χ2n) is 5.26. The van der Waals surface area contributed by atoms with Crippen LogP contribution in [-0.4, -0.2) is 39.4 Å². The molecule has 0 aliphatic carbocycles. The summed E-state index contributed by atoms with van der Waals surface area (Å²) in [6.07, 6.45) is -5.75. The van der Waals surface area contributed by atoms with E-state index in [1.165, 1.54) is 13.0 Å². The Kier molecular flexibility index (Phi) is 5.74. The zero-order valence-corrected chi connectivity index (χ0v) is 14.7. The Morgan fingerprint density at radius 2 is 2.12 bits per heavy atom. The number of hydrazone groups is 1. The topological polar surface area (TPSA) is 52.9 Å². The molecule has 132 valence electrons. The molecule has 2 rings (SSSR count). The Balaban J connectivity index is 2.01. The van der Waals surface area contributed by atoms with Gasteiger partial charge in [-0.05, 0) is 24.6 Å². The zero-order chi connectivity index (χ0) is 18.1. The highest BCUT2D eigenvalue weighted by molar-refractivity contribution is 7.99. The van der Waals surface area contributed by atoms with Crippen LogP contribution in [0.4, 0.5) is 13.2 Å². The van der Waals surface area contributed by atoms with Gasteiger partial charge in [-0.3, -0.25) is 4.79 Å². The number of halogens is 5. The Bertz CT molecular complexity index is 684. The first-order chi connectivity index (χ1) is 11.0. The van der Waals surface area contributed by atoms with Crippen LogP contribution in [0.25, 0.3) is 0 Å². The minimum absolute atomic E-state index is 0.0360. The number of amides is 1. The van der Waals surface area contributed by atoms with Gasteiger partial charge < -0.3 is 5.11 Å². The van der Waals surface area contributed by atoms with E-state index < -0.39 is 24.2 Å². The molecule has 0 aromatic heterocycles. The van der Waals surface area contributed by atoms with E-state index in [0.717, 1.165) is 11.8 Å². The predicted octanol–water partition coefficient (Wildman–Crippen LogP) is 4.09. The van der Waals surface area contributed by atoms with Crippen LogP contribution in [0.2, 0.25) is 10.0 Å². The van der Waals surface area contributed by atoms with Crippen molar-refractivity contribution >= 4 is 46.6 Å². The minimum Gasteiger partial charge on any atom is -0.362 e. The summed E-state index contributed by atoms with van der Waals surface area (Å²) in [5, 5.41) is 14.4. The summed E-state index contributed by atoms with van der Waals surface area (Å²) in [5.41, 5.74) is -2.55. The maximum Gasteiger partial charge on any atom is 0.438 e. The van der Waals surface area contributed by atoms with Gasteiger partial charge in [0, 0.05) is 27.9 Å². The van der Waals surface area contributed by atoms with Crippen LogP contribution in [-0.2, 0) is 10.5 Å². The van der Waals surface area contributed by atoms with Gasteiger partial charge in [-0.15, -0.1) is 11.8 Å². The maximum absolute atomic E-state index is 13.1. The fraction of sp³-hybridized carbons (Fsp3) is 0.429. The van der Waals surface area contributed by atoms with Gasteiger partial charge in [0.1, 0.15) is 0 Å². The largest absolute Gasteiger partial charge is 0.438 e. The number of carbonyl (C=O) groups excluding carboxylic acids is 1. The van der Waals surface area contributed by atoms with Crippen molar-refractivity contribution in [2.24, 2.45) is 5.10 Å². The molecule has 0 saturated carbocycles. The van der Waals surface area contributed by atoms with Gasteiger partial charge in [-0.2, -0.15) is 23.3 Å².